The molecule has 2 aliphatic rings. The molecule has 0 unspecified atom stereocenters. The van der Waals surface area contributed by atoms with E-state index in [2.05, 4.69) is 13.8 Å². The smallest absolute Gasteiger partial charge is 0.256 e. The monoisotopic (exact) mass is 316 g/mol. The summed E-state index contributed by atoms with van der Waals surface area (Å²) in [6.07, 6.45) is 0.933. The first kappa shape index (κ1) is 16.0. The molecule has 0 aliphatic carbocycles. The molecule has 5 nitrogen and oxygen atoms in total. The number of nitrogens with zero attached hydrogens (tertiary/aromatic N) is 2. The molecule has 0 radical (unpaired) electrons. The Kier molecular flexibility index (Phi) is 3.71. The molecule has 3 rings (SSSR count). The van der Waals surface area contributed by atoms with E-state index in [1.807, 2.05) is 18.2 Å². The minimum absolute atomic E-state index is 0.0241. The topological polar surface area (TPSA) is 60.9 Å². The van der Waals surface area contributed by atoms with Crippen molar-refractivity contribution in [2.75, 3.05) is 19.6 Å². The maximum absolute atomic E-state index is 12.7. The fraction of sp³-hybridized carbons (Fsp3) is 0.556. The second-order valence-electron chi connectivity index (χ2n) is 7.73. The van der Waals surface area contributed by atoms with Crippen molar-refractivity contribution in [3.05, 3.63) is 35.4 Å². The van der Waals surface area contributed by atoms with Crippen molar-refractivity contribution in [2.24, 2.45) is 5.41 Å². The lowest BCUT2D eigenvalue weighted by Gasteiger charge is -2.32. The fourth-order valence-electron chi connectivity index (χ4n) is 3.51. The van der Waals surface area contributed by atoms with E-state index < -0.39 is 5.60 Å². The Hall–Kier alpha value is -1.88. The lowest BCUT2D eigenvalue weighted by atomic mass is 9.93. The van der Waals surface area contributed by atoms with Crippen LogP contribution < -0.4 is 0 Å². The molecule has 0 saturated carbocycles. The first-order valence-electron chi connectivity index (χ1n) is 8.09. The number of fused-ring (bicyclic) bond motifs is 1. The molecule has 1 N–H and O–H groups in total. The Bertz CT molecular complexity index is 651. The number of carbonyl (C=O) groups is 2. The van der Waals surface area contributed by atoms with E-state index in [4.69, 9.17) is 0 Å². The van der Waals surface area contributed by atoms with Gasteiger partial charge in [-0.25, -0.2) is 0 Å². The summed E-state index contributed by atoms with van der Waals surface area (Å²) < 4.78 is 0. The highest BCUT2D eigenvalue weighted by atomic mass is 16.3. The summed E-state index contributed by atoms with van der Waals surface area (Å²) >= 11 is 0. The predicted octanol–water partition coefficient (Wildman–Crippen LogP) is 1.65. The molecule has 0 aromatic heterocycles. The van der Waals surface area contributed by atoms with Gasteiger partial charge in [-0.2, -0.15) is 0 Å². The maximum Gasteiger partial charge on any atom is 0.256 e. The van der Waals surface area contributed by atoms with E-state index in [0.29, 0.717) is 25.2 Å². The molecule has 2 heterocycles. The summed E-state index contributed by atoms with van der Waals surface area (Å²) in [7, 11) is 0. The first-order chi connectivity index (χ1) is 10.7. The molecule has 1 aromatic rings. The number of carbonyl (C=O) groups excluding carboxylic acids is 2. The van der Waals surface area contributed by atoms with Gasteiger partial charge in [-0.1, -0.05) is 32.0 Å². The molecular weight excluding hydrogens is 292 g/mol. The SMILES string of the molecule is CC1(C)CCN(C(=O)[C@](C)(O)CN2Cc3ccccc3C2=O)C1. The molecular formula is C18H24N2O3. The molecule has 1 fully saturated rings. The zero-order valence-corrected chi connectivity index (χ0v) is 14.0. The van der Waals surface area contributed by atoms with Gasteiger partial charge >= 0.3 is 0 Å². The van der Waals surface area contributed by atoms with E-state index in [0.717, 1.165) is 12.0 Å². The lowest BCUT2D eigenvalue weighted by molar-refractivity contribution is -0.150. The highest BCUT2D eigenvalue weighted by Gasteiger charge is 2.43. The summed E-state index contributed by atoms with van der Waals surface area (Å²) in [6.45, 7) is 7.54. The van der Waals surface area contributed by atoms with Crippen LogP contribution in [0.2, 0.25) is 0 Å². The van der Waals surface area contributed by atoms with Gasteiger partial charge in [0, 0.05) is 25.2 Å². The van der Waals surface area contributed by atoms with Gasteiger partial charge in [0.15, 0.2) is 5.60 Å². The summed E-state index contributed by atoms with van der Waals surface area (Å²) in [5.74, 6) is -0.401. The van der Waals surface area contributed by atoms with Crippen LogP contribution in [0, 0.1) is 5.41 Å². The molecule has 23 heavy (non-hydrogen) atoms. The van der Waals surface area contributed by atoms with Crippen LogP contribution in [0.5, 0.6) is 0 Å². The van der Waals surface area contributed by atoms with Gasteiger partial charge in [0.25, 0.3) is 11.8 Å². The Labute approximate surface area is 136 Å². The van der Waals surface area contributed by atoms with Gasteiger partial charge in [-0.05, 0) is 30.4 Å². The molecule has 124 valence electrons. The van der Waals surface area contributed by atoms with Crippen molar-refractivity contribution >= 4 is 11.8 Å². The van der Waals surface area contributed by atoms with Crippen molar-refractivity contribution in [1.29, 1.82) is 0 Å². The van der Waals surface area contributed by atoms with Crippen molar-refractivity contribution in [1.82, 2.24) is 9.80 Å². The third-order valence-electron chi connectivity index (χ3n) is 4.82. The second-order valence-corrected chi connectivity index (χ2v) is 7.73. The minimum Gasteiger partial charge on any atom is -0.378 e. The molecule has 1 atom stereocenters. The third kappa shape index (κ3) is 2.98. The largest absolute Gasteiger partial charge is 0.378 e. The van der Waals surface area contributed by atoms with Crippen molar-refractivity contribution < 1.29 is 14.7 Å². The number of rotatable bonds is 3. The number of β-amino-alcohol motifs (C(OH)–C–C–N with tert-alkyl or cyclic N) is 1. The van der Waals surface area contributed by atoms with Crippen LogP contribution in [0.4, 0.5) is 0 Å². The molecule has 2 amide bonds. The molecule has 5 heteroatoms. The third-order valence-corrected chi connectivity index (χ3v) is 4.82. The number of amides is 2. The fourth-order valence-corrected chi connectivity index (χ4v) is 3.51. The summed E-state index contributed by atoms with van der Waals surface area (Å²) in [4.78, 5) is 28.3. The van der Waals surface area contributed by atoms with Crippen molar-refractivity contribution in [3.8, 4) is 0 Å². The first-order valence-corrected chi connectivity index (χ1v) is 8.09. The van der Waals surface area contributed by atoms with Crippen LogP contribution in [0.1, 0.15) is 43.1 Å². The molecule has 0 spiro atoms. The Balaban J connectivity index is 1.70. The van der Waals surface area contributed by atoms with Crippen LogP contribution in [0.15, 0.2) is 24.3 Å². The van der Waals surface area contributed by atoms with Crippen LogP contribution in [-0.4, -0.2) is 52.0 Å². The second kappa shape index (κ2) is 5.34. The molecule has 0 bridgehead atoms. The normalized spacial score (nSPS) is 22.2. The van der Waals surface area contributed by atoms with Gasteiger partial charge in [0.1, 0.15) is 0 Å². The molecule has 2 aliphatic heterocycles. The number of hydrogen-bond acceptors (Lipinski definition) is 3. The van der Waals surface area contributed by atoms with E-state index >= 15 is 0 Å². The quantitative estimate of drug-likeness (QED) is 0.922. The van der Waals surface area contributed by atoms with E-state index in [-0.39, 0.29) is 23.8 Å². The van der Waals surface area contributed by atoms with Gasteiger partial charge in [0.2, 0.25) is 0 Å². The van der Waals surface area contributed by atoms with E-state index in [9.17, 15) is 14.7 Å². The molecule has 1 saturated heterocycles. The highest BCUT2D eigenvalue weighted by Crippen LogP contribution is 2.31. The van der Waals surface area contributed by atoms with Crippen LogP contribution in [-0.2, 0) is 11.3 Å². The van der Waals surface area contributed by atoms with Crippen molar-refractivity contribution in [2.45, 2.75) is 39.3 Å². The number of hydrogen-bond donors (Lipinski definition) is 1. The zero-order valence-electron chi connectivity index (χ0n) is 14.0. The standard InChI is InChI=1S/C18H24N2O3/c1-17(2)8-9-19(11-17)16(22)18(3,23)12-20-10-13-6-4-5-7-14(13)15(20)21/h4-7,23H,8-12H2,1-3H3/t18-/m1/s1. The zero-order chi connectivity index (χ0) is 16.8. The average molecular weight is 316 g/mol. The summed E-state index contributed by atoms with van der Waals surface area (Å²) in [5.41, 5.74) is 0.143. The van der Waals surface area contributed by atoms with E-state index in [1.165, 1.54) is 6.92 Å². The Morgan fingerprint density at radius 1 is 1.35 bits per heavy atom. The predicted molar refractivity (Wildman–Crippen MR) is 86.8 cm³/mol. The number of benzene rings is 1. The van der Waals surface area contributed by atoms with Crippen LogP contribution in [0.3, 0.4) is 0 Å². The summed E-state index contributed by atoms with van der Waals surface area (Å²) in [6, 6.07) is 7.42. The van der Waals surface area contributed by atoms with Crippen LogP contribution >= 0.6 is 0 Å². The van der Waals surface area contributed by atoms with Gasteiger partial charge in [-0.15, -0.1) is 0 Å². The number of likely N-dealkylation sites (tertiary alicyclic amines) is 1. The average Bonchev–Trinajstić information content (AvgIpc) is 2.99. The Morgan fingerprint density at radius 3 is 2.65 bits per heavy atom. The van der Waals surface area contributed by atoms with Crippen LogP contribution in [0.25, 0.3) is 0 Å². The van der Waals surface area contributed by atoms with Gasteiger partial charge in [0.05, 0.1) is 6.54 Å². The summed E-state index contributed by atoms with van der Waals surface area (Å²) in [5, 5.41) is 10.7. The Morgan fingerprint density at radius 2 is 2.04 bits per heavy atom. The van der Waals surface area contributed by atoms with E-state index in [1.54, 1.807) is 15.9 Å². The van der Waals surface area contributed by atoms with Crippen molar-refractivity contribution in [3.63, 3.8) is 0 Å². The lowest BCUT2D eigenvalue weighted by Crippen LogP contribution is -2.53. The minimum atomic E-state index is -1.56. The van der Waals surface area contributed by atoms with Gasteiger partial charge < -0.3 is 14.9 Å². The highest BCUT2D eigenvalue weighted by molar-refractivity contribution is 5.98. The van der Waals surface area contributed by atoms with Gasteiger partial charge in [-0.3, -0.25) is 9.59 Å². The number of aliphatic hydroxyl groups is 1. The molecule has 1 aromatic carbocycles. The maximum atomic E-state index is 12.7.